The van der Waals surface area contributed by atoms with E-state index in [9.17, 15) is 5.11 Å². The maximum absolute atomic E-state index is 10.4. The molecule has 1 heteroatoms. The van der Waals surface area contributed by atoms with Gasteiger partial charge < -0.3 is 5.11 Å². The van der Waals surface area contributed by atoms with Crippen LogP contribution in [-0.2, 0) is 0 Å². The van der Waals surface area contributed by atoms with E-state index >= 15 is 0 Å². The lowest BCUT2D eigenvalue weighted by Gasteiger charge is -2.59. The Morgan fingerprint density at radius 3 is 2.34 bits per heavy atom. The summed E-state index contributed by atoms with van der Waals surface area (Å²) < 4.78 is 0. The topological polar surface area (TPSA) is 20.2 Å². The lowest BCUT2D eigenvalue weighted by atomic mass is 9.46. The molecule has 0 amide bonds. The molecule has 0 aromatic carbocycles. The van der Waals surface area contributed by atoms with Crippen molar-refractivity contribution < 1.29 is 5.11 Å². The minimum absolute atomic E-state index is 0.0187. The molecule has 4 fully saturated rings. The van der Waals surface area contributed by atoms with Gasteiger partial charge in [0.1, 0.15) is 0 Å². The van der Waals surface area contributed by atoms with Crippen LogP contribution in [0.25, 0.3) is 0 Å². The van der Waals surface area contributed by atoms with Crippen molar-refractivity contribution in [2.45, 2.75) is 124 Å². The van der Waals surface area contributed by atoms with Crippen molar-refractivity contribution in [1.82, 2.24) is 0 Å². The molecule has 4 saturated carbocycles. The fourth-order valence-electron chi connectivity index (χ4n) is 9.50. The molecule has 0 heterocycles. The number of fused-ring (bicyclic) bond motifs is 5. The number of rotatable bonds is 5. The van der Waals surface area contributed by atoms with Crippen molar-refractivity contribution in [2.24, 2.45) is 52.3 Å². The van der Waals surface area contributed by atoms with Crippen LogP contribution in [0.4, 0.5) is 0 Å². The molecule has 0 unspecified atom stereocenters. The monoisotopic (exact) mass is 402 g/mol. The molecule has 0 saturated heterocycles. The molecule has 29 heavy (non-hydrogen) atoms. The van der Waals surface area contributed by atoms with Gasteiger partial charge in [-0.1, -0.05) is 60.3 Å². The predicted molar refractivity (Wildman–Crippen MR) is 124 cm³/mol. The van der Waals surface area contributed by atoms with Gasteiger partial charge in [-0.2, -0.15) is 0 Å². The molecule has 4 aliphatic carbocycles. The maximum atomic E-state index is 10.4. The molecule has 0 bridgehead atoms. The standard InChI is InChI=1S/C28H50O/c1-19(2)8-6-9-20(3)24-13-14-25-23-12-11-21-18-22(29)10-7-16-27(21,4)26(23)15-17-28(24,25)5/h19-26,29H,6-18H2,1-5H3/t20-,21+,22-,23+,24+,25-,26-,27+,28+/m1/s1. The first kappa shape index (κ1) is 22.2. The largest absolute Gasteiger partial charge is 0.393 e. The Morgan fingerprint density at radius 1 is 0.828 bits per heavy atom. The van der Waals surface area contributed by atoms with Crippen LogP contribution in [-0.4, -0.2) is 11.2 Å². The molecule has 0 aromatic heterocycles. The molecule has 0 radical (unpaired) electrons. The summed E-state index contributed by atoms with van der Waals surface area (Å²) in [6.45, 7) is 12.7. The third kappa shape index (κ3) is 3.96. The predicted octanol–water partition coefficient (Wildman–Crippen LogP) is 7.86. The summed E-state index contributed by atoms with van der Waals surface area (Å²) in [6, 6.07) is 0. The van der Waals surface area contributed by atoms with E-state index in [2.05, 4.69) is 34.6 Å². The van der Waals surface area contributed by atoms with Gasteiger partial charge in [-0.15, -0.1) is 0 Å². The average Bonchev–Trinajstić information content (AvgIpc) is 2.92. The molecule has 4 aliphatic rings. The van der Waals surface area contributed by atoms with Crippen LogP contribution in [0.5, 0.6) is 0 Å². The lowest BCUT2D eigenvalue weighted by Crippen LogP contribution is -2.52. The van der Waals surface area contributed by atoms with Crippen molar-refractivity contribution in [3.05, 3.63) is 0 Å². The van der Waals surface area contributed by atoms with Gasteiger partial charge in [-0.05, 0) is 110 Å². The Kier molecular flexibility index (Phi) is 6.48. The Bertz CT molecular complexity index is 555. The Morgan fingerprint density at radius 2 is 1.59 bits per heavy atom. The quantitative estimate of drug-likeness (QED) is 0.496. The van der Waals surface area contributed by atoms with Crippen LogP contribution < -0.4 is 0 Å². The van der Waals surface area contributed by atoms with E-state index in [1.165, 1.54) is 70.6 Å². The molecular weight excluding hydrogens is 352 g/mol. The third-order valence-corrected chi connectivity index (χ3v) is 11.1. The summed E-state index contributed by atoms with van der Waals surface area (Å²) in [6.07, 6.45) is 17.9. The van der Waals surface area contributed by atoms with Crippen molar-refractivity contribution in [3.8, 4) is 0 Å². The first-order valence-electron chi connectivity index (χ1n) is 13.4. The first-order valence-corrected chi connectivity index (χ1v) is 13.4. The van der Waals surface area contributed by atoms with Crippen molar-refractivity contribution in [2.75, 3.05) is 0 Å². The van der Waals surface area contributed by atoms with Crippen molar-refractivity contribution in [1.29, 1.82) is 0 Å². The number of hydrogen-bond acceptors (Lipinski definition) is 1. The fourth-order valence-corrected chi connectivity index (χ4v) is 9.50. The zero-order valence-corrected chi connectivity index (χ0v) is 20.3. The van der Waals surface area contributed by atoms with Gasteiger partial charge in [0, 0.05) is 0 Å². The van der Waals surface area contributed by atoms with E-state index in [4.69, 9.17) is 0 Å². The van der Waals surface area contributed by atoms with Crippen LogP contribution in [0.2, 0.25) is 0 Å². The van der Waals surface area contributed by atoms with Gasteiger partial charge in [0.15, 0.2) is 0 Å². The molecule has 168 valence electrons. The second-order valence-corrected chi connectivity index (χ2v) is 13.0. The second kappa shape index (κ2) is 8.48. The number of aliphatic hydroxyl groups is 1. The summed E-state index contributed by atoms with van der Waals surface area (Å²) in [5.41, 5.74) is 1.13. The van der Waals surface area contributed by atoms with E-state index in [0.717, 1.165) is 54.3 Å². The molecular formula is C28H50O. The van der Waals surface area contributed by atoms with Gasteiger partial charge in [0.05, 0.1) is 6.10 Å². The summed E-state index contributed by atoms with van der Waals surface area (Å²) in [7, 11) is 0. The summed E-state index contributed by atoms with van der Waals surface area (Å²) in [5.74, 6) is 6.46. The van der Waals surface area contributed by atoms with Crippen LogP contribution >= 0.6 is 0 Å². The second-order valence-electron chi connectivity index (χ2n) is 13.0. The van der Waals surface area contributed by atoms with Crippen LogP contribution in [0.15, 0.2) is 0 Å². The molecule has 1 N–H and O–H groups in total. The van der Waals surface area contributed by atoms with Crippen LogP contribution in [0.3, 0.4) is 0 Å². The number of hydrogen-bond donors (Lipinski definition) is 1. The van der Waals surface area contributed by atoms with Gasteiger partial charge in [-0.25, -0.2) is 0 Å². The van der Waals surface area contributed by atoms with E-state index in [1.54, 1.807) is 0 Å². The van der Waals surface area contributed by atoms with E-state index in [1.807, 2.05) is 0 Å². The highest BCUT2D eigenvalue weighted by Crippen LogP contribution is 2.68. The normalized spacial score (nSPS) is 48.5. The highest BCUT2D eigenvalue weighted by molar-refractivity contribution is 5.09. The van der Waals surface area contributed by atoms with E-state index < -0.39 is 0 Å². The molecule has 4 rings (SSSR count). The average molecular weight is 403 g/mol. The van der Waals surface area contributed by atoms with Gasteiger partial charge in [0.2, 0.25) is 0 Å². The molecule has 0 spiro atoms. The highest BCUT2D eigenvalue weighted by Gasteiger charge is 2.60. The minimum atomic E-state index is -0.0187. The summed E-state index contributed by atoms with van der Waals surface area (Å²) in [4.78, 5) is 0. The maximum Gasteiger partial charge on any atom is 0.0543 e. The fraction of sp³-hybridized carbons (Fsp3) is 1.00. The molecule has 0 aliphatic heterocycles. The zero-order chi connectivity index (χ0) is 20.8. The molecule has 1 nitrogen and oxygen atoms in total. The molecule has 0 aromatic rings. The highest BCUT2D eigenvalue weighted by atomic mass is 16.3. The number of aliphatic hydroxyl groups excluding tert-OH is 1. The van der Waals surface area contributed by atoms with Crippen LogP contribution in [0, 0.1) is 52.3 Å². The van der Waals surface area contributed by atoms with Crippen molar-refractivity contribution >= 4 is 0 Å². The zero-order valence-electron chi connectivity index (χ0n) is 20.3. The summed E-state index contributed by atoms with van der Waals surface area (Å²) in [5, 5.41) is 10.4. The first-order chi connectivity index (χ1) is 13.8. The minimum Gasteiger partial charge on any atom is -0.393 e. The van der Waals surface area contributed by atoms with Gasteiger partial charge >= 0.3 is 0 Å². The van der Waals surface area contributed by atoms with Gasteiger partial charge in [0.25, 0.3) is 0 Å². The van der Waals surface area contributed by atoms with Crippen molar-refractivity contribution in [3.63, 3.8) is 0 Å². The Hall–Kier alpha value is -0.0400. The van der Waals surface area contributed by atoms with Gasteiger partial charge in [-0.3, -0.25) is 0 Å². The Labute approximate surface area is 181 Å². The summed E-state index contributed by atoms with van der Waals surface area (Å²) >= 11 is 0. The van der Waals surface area contributed by atoms with Crippen LogP contribution in [0.1, 0.15) is 118 Å². The lowest BCUT2D eigenvalue weighted by molar-refractivity contribution is -0.106. The Balaban J connectivity index is 1.47. The van der Waals surface area contributed by atoms with E-state index in [0.29, 0.717) is 10.8 Å². The van der Waals surface area contributed by atoms with E-state index in [-0.39, 0.29) is 6.10 Å². The SMILES string of the molecule is CC(C)CCC[C@@H](C)[C@@H]1CC[C@@H]2[C@@H]3CC[C@H]4C[C@H](O)CCC[C@]4(C)[C@@H]3CC[C@]21C. The molecule has 9 atom stereocenters. The smallest absolute Gasteiger partial charge is 0.0543 e. The third-order valence-electron chi connectivity index (χ3n) is 11.1.